The predicted octanol–water partition coefficient (Wildman–Crippen LogP) is 2.21. The van der Waals surface area contributed by atoms with E-state index in [1.54, 1.807) is 0 Å². The van der Waals surface area contributed by atoms with Gasteiger partial charge in [-0.25, -0.2) is 0 Å². The van der Waals surface area contributed by atoms with E-state index in [-0.39, 0.29) is 11.5 Å². The Morgan fingerprint density at radius 2 is 2.10 bits per heavy atom. The summed E-state index contributed by atoms with van der Waals surface area (Å²) >= 11 is 0. The molecule has 0 saturated carbocycles. The second-order valence-corrected chi connectivity index (χ2v) is 5.17. The van der Waals surface area contributed by atoms with Crippen molar-refractivity contribution in [3.8, 4) is 6.07 Å². The Hall–Kier alpha value is -2.55. The van der Waals surface area contributed by atoms with Crippen molar-refractivity contribution in [2.45, 2.75) is 26.2 Å². The average Bonchev–Trinajstić information content (AvgIpc) is 2.48. The van der Waals surface area contributed by atoms with Crippen molar-refractivity contribution in [3.05, 3.63) is 23.8 Å². The second kappa shape index (κ2) is 6.75. The third kappa shape index (κ3) is 3.72. The van der Waals surface area contributed by atoms with Crippen molar-refractivity contribution in [1.82, 2.24) is 0 Å². The number of anilines is 2. The summed E-state index contributed by atoms with van der Waals surface area (Å²) in [5, 5.41) is 20.1. The number of piperidine rings is 1. The molecule has 0 radical (unpaired) electrons. The molecule has 1 saturated heterocycles. The van der Waals surface area contributed by atoms with Crippen LogP contribution in [0.3, 0.4) is 0 Å². The van der Waals surface area contributed by atoms with Crippen molar-refractivity contribution >= 4 is 22.9 Å². The van der Waals surface area contributed by atoms with E-state index in [2.05, 4.69) is 27.6 Å². The van der Waals surface area contributed by atoms with Crippen molar-refractivity contribution in [2.75, 3.05) is 23.4 Å². The Kier molecular flexibility index (Phi) is 4.77. The van der Waals surface area contributed by atoms with E-state index in [4.69, 9.17) is 16.4 Å². The van der Waals surface area contributed by atoms with Gasteiger partial charge in [0.15, 0.2) is 5.84 Å². The van der Waals surface area contributed by atoms with Crippen LogP contribution < -0.4 is 16.1 Å². The van der Waals surface area contributed by atoms with E-state index >= 15 is 0 Å². The third-order valence-corrected chi connectivity index (χ3v) is 3.50. The van der Waals surface area contributed by atoms with Crippen LogP contribution in [0.4, 0.5) is 11.4 Å². The molecule has 1 aromatic rings. The van der Waals surface area contributed by atoms with Crippen LogP contribution in [0.2, 0.25) is 0 Å². The van der Waals surface area contributed by atoms with E-state index in [0.29, 0.717) is 0 Å². The number of nitrogens with one attached hydrogen (secondary N) is 2. The van der Waals surface area contributed by atoms with Crippen LogP contribution in [-0.2, 0) is 0 Å². The molecule has 1 aliphatic heterocycles. The molecule has 0 bridgehead atoms. The van der Waals surface area contributed by atoms with E-state index in [1.807, 2.05) is 19.1 Å². The number of aryl methyl sites for hydroxylation is 1. The van der Waals surface area contributed by atoms with Gasteiger partial charge in [-0.1, -0.05) is 6.07 Å². The Balaban J connectivity index is 2.27. The number of nitrogens with zero attached hydrogens (tertiary/aromatic N) is 3. The molecule has 21 heavy (non-hydrogen) atoms. The quantitative estimate of drug-likeness (QED) is 0.448. The van der Waals surface area contributed by atoms with Crippen LogP contribution in [0, 0.1) is 23.7 Å². The van der Waals surface area contributed by atoms with Crippen LogP contribution in [-0.4, -0.2) is 24.6 Å². The molecular formula is C15H20N6. The zero-order chi connectivity index (χ0) is 15.2. The van der Waals surface area contributed by atoms with Gasteiger partial charge in [-0.3, -0.25) is 10.8 Å². The lowest BCUT2D eigenvalue weighted by Gasteiger charge is -2.30. The molecule has 6 heteroatoms. The highest BCUT2D eigenvalue weighted by molar-refractivity contribution is 6.45. The average molecular weight is 284 g/mol. The maximum atomic E-state index is 8.90. The third-order valence-electron chi connectivity index (χ3n) is 3.50. The molecule has 0 spiro atoms. The minimum Gasteiger partial charge on any atom is -0.382 e. The van der Waals surface area contributed by atoms with Gasteiger partial charge in [0.1, 0.15) is 6.07 Å². The van der Waals surface area contributed by atoms with Gasteiger partial charge < -0.3 is 10.6 Å². The van der Waals surface area contributed by atoms with Gasteiger partial charge in [0.05, 0.1) is 11.4 Å². The highest BCUT2D eigenvalue weighted by Crippen LogP contribution is 2.29. The van der Waals surface area contributed by atoms with Crippen molar-refractivity contribution in [3.63, 3.8) is 0 Å². The number of hydrogen-bond donors (Lipinski definition) is 3. The number of hydrogen-bond acceptors (Lipinski definition) is 5. The molecule has 1 aromatic carbocycles. The van der Waals surface area contributed by atoms with Crippen LogP contribution in [0.25, 0.3) is 0 Å². The lowest BCUT2D eigenvalue weighted by molar-refractivity contribution is 0.578. The smallest absolute Gasteiger partial charge is 0.201 e. The first kappa shape index (κ1) is 14.9. The summed E-state index contributed by atoms with van der Waals surface area (Å²) in [7, 11) is 0. The summed E-state index contributed by atoms with van der Waals surface area (Å²) in [5.41, 5.74) is 11.1. The predicted molar refractivity (Wildman–Crippen MR) is 85.8 cm³/mol. The van der Waals surface area contributed by atoms with E-state index < -0.39 is 0 Å². The SMILES string of the molecule is Cc1ccc(N2CCCCC2)c(N/N=C(\C#N)C(=N)N)c1. The number of rotatable bonds is 4. The van der Waals surface area contributed by atoms with Crippen molar-refractivity contribution < 1.29 is 0 Å². The molecule has 0 amide bonds. The fourth-order valence-electron chi connectivity index (χ4n) is 2.41. The lowest BCUT2D eigenvalue weighted by atomic mass is 10.1. The zero-order valence-electron chi connectivity index (χ0n) is 12.2. The number of nitriles is 1. The number of hydrazone groups is 1. The lowest BCUT2D eigenvalue weighted by Crippen LogP contribution is -2.30. The monoisotopic (exact) mass is 284 g/mol. The molecule has 1 fully saturated rings. The molecule has 0 aliphatic carbocycles. The molecule has 4 N–H and O–H groups in total. The standard InChI is InChI=1S/C15H20N6/c1-11-5-6-14(21-7-3-2-4-8-21)12(9-11)19-20-13(10-16)15(17)18/h5-6,9,19H,2-4,7-8H2,1H3,(H3,17,18)/b20-13+. The molecule has 2 rings (SSSR count). The molecule has 0 atom stereocenters. The summed E-state index contributed by atoms with van der Waals surface area (Å²) in [5.74, 6) is -0.336. The molecule has 1 heterocycles. The molecule has 1 aliphatic rings. The maximum absolute atomic E-state index is 8.90. The van der Waals surface area contributed by atoms with Gasteiger partial charge in [-0.15, -0.1) is 0 Å². The largest absolute Gasteiger partial charge is 0.382 e. The highest BCUT2D eigenvalue weighted by Gasteiger charge is 2.14. The van der Waals surface area contributed by atoms with Crippen LogP contribution >= 0.6 is 0 Å². The van der Waals surface area contributed by atoms with E-state index in [9.17, 15) is 0 Å². The maximum Gasteiger partial charge on any atom is 0.201 e. The minimum absolute atomic E-state index is 0.110. The fraction of sp³-hybridized carbons (Fsp3) is 0.400. The van der Waals surface area contributed by atoms with Crippen LogP contribution in [0.1, 0.15) is 24.8 Å². The summed E-state index contributed by atoms with van der Waals surface area (Å²) in [4.78, 5) is 2.32. The Morgan fingerprint density at radius 3 is 2.71 bits per heavy atom. The Morgan fingerprint density at radius 1 is 1.38 bits per heavy atom. The van der Waals surface area contributed by atoms with Gasteiger partial charge in [0, 0.05) is 13.1 Å². The van der Waals surface area contributed by atoms with Crippen molar-refractivity contribution in [1.29, 1.82) is 10.7 Å². The van der Waals surface area contributed by atoms with Gasteiger partial charge in [0.2, 0.25) is 5.71 Å². The first-order valence-corrected chi connectivity index (χ1v) is 7.05. The number of amidine groups is 1. The molecule has 6 nitrogen and oxygen atoms in total. The molecule has 0 aromatic heterocycles. The van der Waals surface area contributed by atoms with Crippen LogP contribution in [0.15, 0.2) is 23.3 Å². The van der Waals surface area contributed by atoms with E-state index in [1.165, 1.54) is 19.3 Å². The highest BCUT2D eigenvalue weighted by atomic mass is 15.3. The second-order valence-electron chi connectivity index (χ2n) is 5.17. The normalized spacial score (nSPS) is 15.4. The summed E-state index contributed by atoms with van der Waals surface area (Å²) in [6.45, 7) is 4.06. The first-order chi connectivity index (χ1) is 10.1. The Bertz CT molecular complexity index is 593. The van der Waals surface area contributed by atoms with Gasteiger partial charge in [-0.05, 0) is 43.9 Å². The molecule has 0 unspecified atom stereocenters. The van der Waals surface area contributed by atoms with E-state index in [0.717, 1.165) is 30.0 Å². The fourth-order valence-corrected chi connectivity index (χ4v) is 2.41. The summed E-state index contributed by atoms with van der Waals surface area (Å²) < 4.78 is 0. The topological polar surface area (TPSA) is 101 Å². The van der Waals surface area contributed by atoms with Gasteiger partial charge in [-0.2, -0.15) is 10.4 Å². The minimum atomic E-state index is -0.336. The van der Waals surface area contributed by atoms with Gasteiger partial charge >= 0.3 is 0 Å². The zero-order valence-corrected chi connectivity index (χ0v) is 12.2. The number of nitrogens with two attached hydrogens (primary N) is 1. The van der Waals surface area contributed by atoms with Crippen LogP contribution in [0.5, 0.6) is 0 Å². The molecular weight excluding hydrogens is 264 g/mol. The number of benzene rings is 1. The molecule has 110 valence electrons. The van der Waals surface area contributed by atoms with Gasteiger partial charge in [0.25, 0.3) is 0 Å². The van der Waals surface area contributed by atoms with Crippen molar-refractivity contribution in [2.24, 2.45) is 10.8 Å². The summed E-state index contributed by atoms with van der Waals surface area (Å²) in [6.07, 6.45) is 3.65. The first-order valence-electron chi connectivity index (χ1n) is 7.05. The Labute approximate surface area is 124 Å². The summed E-state index contributed by atoms with van der Waals surface area (Å²) in [6, 6.07) is 7.93.